The molecule has 2 heterocycles. The van der Waals surface area contributed by atoms with E-state index in [1.54, 1.807) is 30.9 Å². The van der Waals surface area contributed by atoms with Crippen molar-refractivity contribution in [3.63, 3.8) is 0 Å². The van der Waals surface area contributed by atoms with Crippen molar-refractivity contribution in [2.24, 2.45) is 5.92 Å². The second-order valence-corrected chi connectivity index (χ2v) is 10.5. The van der Waals surface area contributed by atoms with E-state index in [1.165, 1.54) is 18.1 Å². The minimum Gasteiger partial charge on any atom is -0.496 e. The number of ketones is 1. The van der Waals surface area contributed by atoms with Crippen LogP contribution in [0, 0.1) is 5.92 Å². The average Bonchev–Trinajstić information content (AvgIpc) is 3.39. The van der Waals surface area contributed by atoms with Gasteiger partial charge in [-0.15, -0.1) is 0 Å². The van der Waals surface area contributed by atoms with Crippen molar-refractivity contribution in [3.8, 4) is 22.6 Å². The summed E-state index contributed by atoms with van der Waals surface area (Å²) in [7, 11) is 4.66. The van der Waals surface area contributed by atoms with Gasteiger partial charge in [-0.25, -0.2) is 8.91 Å². The Hall–Kier alpha value is -3.60. The molecule has 2 aromatic heterocycles. The Bertz CT molecular complexity index is 1370. The summed E-state index contributed by atoms with van der Waals surface area (Å²) in [6.07, 6.45) is 2.53. The molecule has 4 rings (SSSR count). The Balaban J connectivity index is 1.65. The topological polar surface area (TPSA) is 82.4 Å². The number of likely N-dealkylation sites (N-methyl/N-ethyl adjacent to an activating group) is 1. The standard InChI is InChI=1S/C28H32F3N3O5/c1-28(2,15-38-14-25(36)33(3)4)18-6-7-21-19(12-32-34(21)13-18)16-10-23(37-5)26(24(11-16)39-27(30)31)22(35)9-17-8-20(17)29/h6-7,10-13,17,20,27H,8-9,14-15H2,1-5H3/t17-,20-/m0/s1. The molecule has 8 nitrogen and oxygen atoms in total. The molecule has 1 saturated carbocycles. The number of carbonyl (C=O) groups is 2. The van der Waals surface area contributed by atoms with E-state index in [0.29, 0.717) is 23.3 Å². The molecule has 1 aromatic carbocycles. The van der Waals surface area contributed by atoms with Crippen LogP contribution in [0.1, 0.15) is 42.6 Å². The number of Topliss-reactive ketones (excluding diaryl/α,β-unsaturated/α-hetero) is 1. The normalized spacial score (nSPS) is 16.9. The van der Waals surface area contributed by atoms with Crippen molar-refractivity contribution in [2.75, 3.05) is 34.4 Å². The Morgan fingerprint density at radius 3 is 2.51 bits per heavy atom. The zero-order valence-corrected chi connectivity index (χ0v) is 22.5. The third kappa shape index (κ3) is 6.35. The van der Waals surface area contributed by atoms with Crippen molar-refractivity contribution in [1.29, 1.82) is 0 Å². The third-order valence-electron chi connectivity index (χ3n) is 6.86. The first kappa shape index (κ1) is 28.4. The number of nitrogens with zero attached hydrogens (tertiary/aromatic N) is 3. The SMILES string of the molecule is COc1cc(-c2cnn3cc(C(C)(C)COCC(=O)N(C)C)ccc23)cc(OC(F)F)c1C(=O)C[C@@H]1C[C@@H]1F. The quantitative estimate of drug-likeness (QED) is 0.299. The van der Waals surface area contributed by atoms with Gasteiger partial charge in [0.15, 0.2) is 5.78 Å². The van der Waals surface area contributed by atoms with Gasteiger partial charge in [-0.3, -0.25) is 9.59 Å². The predicted molar refractivity (Wildman–Crippen MR) is 138 cm³/mol. The van der Waals surface area contributed by atoms with Crippen LogP contribution in [0.15, 0.2) is 36.7 Å². The number of alkyl halides is 3. The van der Waals surface area contributed by atoms with Crippen LogP contribution in [-0.4, -0.2) is 73.4 Å². The lowest BCUT2D eigenvalue weighted by molar-refractivity contribution is -0.134. The molecule has 0 bridgehead atoms. The number of hydrogen-bond acceptors (Lipinski definition) is 6. The largest absolute Gasteiger partial charge is 0.496 e. The highest BCUT2D eigenvalue weighted by Gasteiger charge is 2.40. The van der Waals surface area contributed by atoms with Gasteiger partial charge in [-0.2, -0.15) is 13.9 Å². The number of fused-ring (bicyclic) bond motifs is 1. The number of aromatic nitrogens is 2. The summed E-state index contributed by atoms with van der Waals surface area (Å²) in [5.74, 6) is -1.33. The smallest absolute Gasteiger partial charge is 0.387 e. The van der Waals surface area contributed by atoms with Crippen molar-refractivity contribution in [1.82, 2.24) is 14.5 Å². The van der Waals surface area contributed by atoms with Gasteiger partial charge in [0.2, 0.25) is 5.91 Å². The first-order valence-electron chi connectivity index (χ1n) is 12.5. The maximum absolute atomic E-state index is 13.4. The van der Waals surface area contributed by atoms with E-state index in [9.17, 15) is 22.8 Å². The minimum atomic E-state index is -3.17. The molecule has 0 spiro atoms. The van der Waals surface area contributed by atoms with E-state index >= 15 is 0 Å². The number of pyridine rings is 1. The maximum atomic E-state index is 13.4. The van der Waals surface area contributed by atoms with Crippen LogP contribution in [0.2, 0.25) is 0 Å². The summed E-state index contributed by atoms with van der Waals surface area (Å²) in [6, 6.07) is 6.67. The van der Waals surface area contributed by atoms with Crippen molar-refractivity contribution in [3.05, 3.63) is 47.8 Å². The van der Waals surface area contributed by atoms with E-state index < -0.39 is 29.9 Å². The minimum absolute atomic E-state index is 0.0248. The molecule has 210 valence electrons. The van der Waals surface area contributed by atoms with Gasteiger partial charge >= 0.3 is 6.61 Å². The average molecular weight is 548 g/mol. The zero-order chi connectivity index (χ0) is 28.5. The fourth-order valence-electron chi connectivity index (χ4n) is 4.35. The van der Waals surface area contributed by atoms with E-state index in [2.05, 4.69) is 5.10 Å². The van der Waals surface area contributed by atoms with E-state index in [1.807, 2.05) is 32.2 Å². The van der Waals surface area contributed by atoms with Crippen LogP contribution in [0.4, 0.5) is 13.2 Å². The molecule has 3 aromatic rings. The number of amides is 1. The lowest BCUT2D eigenvalue weighted by Crippen LogP contribution is -2.30. The van der Waals surface area contributed by atoms with Crippen molar-refractivity contribution >= 4 is 17.2 Å². The number of halogens is 3. The van der Waals surface area contributed by atoms with Crippen LogP contribution in [0.25, 0.3) is 16.6 Å². The molecule has 39 heavy (non-hydrogen) atoms. The molecule has 1 aliphatic carbocycles. The van der Waals surface area contributed by atoms with Crippen LogP contribution in [-0.2, 0) is 14.9 Å². The lowest BCUT2D eigenvalue weighted by atomic mass is 9.86. The summed E-state index contributed by atoms with van der Waals surface area (Å²) in [4.78, 5) is 26.2. The lowest BCUT2D eigenvalue weighted by Gasteiger charge is -2.25. The van der Waals surface area contributed by atoms with Crippen LogP contribution >= 0.6 is 0 Å². The molecular weight excluding hydrogens is 515 g/mol. The summed E-state index contributed by atoms with van der Waals surface area (Å²) >= 11 is 0. The van der Waals surface area contributed by atoms with E-state index in [-0.39, 0.29) is 42.4 Å². The van der Waals surface area contributed by atoms with Crippen LogP contribution in [0.5, 0.6) is 11.5 Å². The maximum Gasteiger partial charge on any atom is 0.387 e. The summed E-state index contributed by atoms with van der Waals surface area (Å²) in [5.41, 5.74) is 2.09. The number of methoxy groups -OCH3 is 1. The Morgan fingerprint density at radius 1 is 1.21 bits per heavy atom. The second kappa shape index (κ2) is 11.3. The molecule has 0 radical (unpaired) electrons. The van der Waals surface area contributed by atoms with Crippen LogP contribution < -0.4 is 9.47 Å². The van der Waals surface area contributed by atoms with E-state index in [0.717, 1.165) is 5.56 Å². The molecule has 0 N–H and O–H groups in total. The fourth-order valence-corrected chi connectivity index (χ4v) is 4.35. The summed E-state index contributed by atoms with van der Waals surface area (Å²) < 4.78 is 57.4. The van der Waals surface area contributed by atoms with Crippen LogP contribution in [0.3, 0.4) is 0 Å². The molecule has 1 aliphatic rings. The monoisotopic (exact) mass is 547 g/mol. The fraction of sp³-hybridized carbons (Fsp3) is 0.464. The molecule has 0 unspecified atom stereocenters. The summed E-state index contributed by atoms with van der Waals surface area (Å²) in [6.45, 7) is 1.08. The van der Waals surface area contributed by atoms with Crippen molar-refractivity contribution in [2.45, 2.75) is 44.9 Å². The van der Waals surface area contributed by atoms with Gasteiger partial charge in [0.25, 0.3) is 0 Å². The first-order chi connectivity index (χ1) is 18.4. The molecule has 1 amide bonds. The summed E-state index contributed by atoms with van der Waals surface area (Å²) in [5, 5.41) is 4.44. The van der Waals surface area contributed by atoms with Crippen molar-refractivity contribution < 1.29 is 37.0 Å². The molecular formula is C28H32F3N3O5. The molecule has 0 aliphatic heterocycles. The molecule has 2 atom stereocenters. The number of hydrogen-bond donors (Lipinski definition) is 0. The first-order valence-corrected chi connectivity index (χ1v) is 12.5. The van der Waals surface area contributed by atoms with Gasteiger partial charge in [-0.05, 0) is 35.7 Å². The van der Waals surface area contributed by atoms with Gasteiger partial charge in [-0.1, -0.05) is 19.9 Å². The number of rotatable bonds is 12. The third-order valence-corrected chi connectivity index (χ3v) is 6.86. The zero-order valence-electron chi connectivity index (χ0n) is 22.5. The van der Waals surface area contributed by atoms with E-state index in [4.69, 9.17) is 14.2 Å². The molecule has 0 saturated heterocycles. The Kier molecular flexibility index (Phi) is 8.20. The molecule has 11 heteroatoms. The van der Waals surface area contributed by atoms with Gasteiger partial charge < -0.3 is 19.1 Å². The van der Waals surface area contributed by atoms with Gasteiger partial charge in [0.05, 0.1) is 25.4 Å². The second-order valence-electron chi connectivity index (χ2n) is 10.5. The highest BCUT2D eigenvalue weighted by Crippen LogP contribution is 2.42. The predicted octanol–water partition coefficient (Wildman–Crippen LogP) is 4.92. The number of carbonyl (C=O) groups excluding carboxylic acids is 2. The van der Waals surface area contributed by atoms with Gasteiger partial charge in [0.1, 0.15) is 29.8 Å². The molecule has 1 fully saturated rings. The van der Waals surface area contributed by atoms with Gasteiger partial charge in [0, 0.05) is 43.6 Å². The highest BCUT2D eigenvalue weighted by molar-refractivity contribution is 6.03. The highest BCUT2D eigenvalue weighted by atomic mass is 19.3. The number of ether oxygens (including phenoxy) is 3. The number of benzene rings is 1. The Labute approximate surface area is 224 Å². The Morgan fingerprint density at radius 2 is 1.90 bits per heavy atom.